The third-order valence-corrected chi connectivity index (χ3v) is 3.72. The Morgan fingerprint density at radius 1 is 1.17 bits per heavy atom. The largest absolute Gasteiger partial charge is 0.484 e. The van der Waals surface area contributed by atoms with Gasteiger partial charge in [0, 0.05) is 4.47 Å². The van der Waals surface area contributed by atoms with Gasteiger partial charge < -0.3 is 4.74 Å². The number of halogens is 1. The van der Waals surface area contributed by atoms with Crippen LogP contribution < -0.4 is 10.2 Å². The van der Waals surface area contributed by atoms with Gasteiger partial charge in [0.25, 0.3) is 5.91 Å². The predicted octanol–water partition coefficient (Wildman–Crippen LogP) is 4.10. The van der Waals surface area contributed by atoms with Gasteiger partial charge in [-0.05, 0) is 41.3 Å². The number of benzene rings is 2. The van der Waals surface area contributed by atoms with Gasteiger partial charge in [-0.1, -0.05) is 54.0 Å². The first-order valence-corrected chi connectivity index (χ1v) is 8.14. The second-order valence-corrected chi connectivity index (χ2v) is 6.27. The van der Waals surface area contributed by atoms with Gasteiger partial charge in [0.1, 0.15) is 5.75 Å². The number of amides is 1. The molecule has 2 aromatic carbocycles. The summed E-state index contributed by atoms with van der Waals surface area (Å²) in [6, 6.07) is 15.4. The van der Waals surface area contributed by atoms with Crippen molar-refractivity contribution in [1.82, 2.24) is 5.43 Å². The first kappa shape index (κ1) is 17.2. The van der Waals surface area contributed by atoms with E-state index in [1.807, 2.05) is 48.5 Å². The van der Waals surface area contributed by atoms with E-state index in [-0.39, 0.29) is 12.5 Å². The molecule has 120 valence electrons. The van der Waals surface area contributed by atoms with Crippen molar-refractivity contribution >= 4 is 28.1 Å². The minimum absolute atomic E-state index is 0.0707. The minimum Gasteiger partial charge on any atom is -0.484 e. The van der Waals surface area contributed by atoms with Crippen molar-refractivity contribution in [3.63, 3.8) is 0 Å². The van der Waals surface area contributed by atoms with Crippen molar-refractivity contribution in [2.75, 3.05) is 6.61 Å². The van der Waals surface area contributed by atoms with Gasteiger partial charge in [-0.2, -0.15) is 5.10 Å². The van der Waals surface area contributed by atoms with Crippen LogP contribution in [0, 0.1) is 0 Å². The average molecular weight is 375 g/mol. The summed E-state index contributed by atoms with van der Waals surface area (Å²) < 4.78 is 6.42. The monoisotopic (exact) mass is 374 g/mol. The zero-order valence-electron chi connectivity index (χ0n) is 13.1. The van der Waals surface area contributed by atoms with Crippen molar-refractivity contribution in [3.8, 4) is 5.75 Å². The molecule has 0 saturated heterocycles. The molecule has 0 heterocycles. The molecule has 4 nitrogen and oxygen atoms in total. The van der Waals surface area contributed by atoms with E-state index in [1.54, 1.807) is 6.21 Å². The van der Waals surface area contributed by atoms with E-state index in [0.717, 1.165) is 10.0 Å². The smallest absolute Gasteiger partial charge is 0.277 e. The van der Waals surface area contributed by atoms with E-state index in [2.05, 4.69) is 40.3 Å². The number of carbonyl (C=O) groups excluding carboxylic acids is 1. The Morgan fingerprint density at radius 2 is 1.83 bits per heavy atom. The Labute approximate surface area is 144 Å². The van der Waals surface area contributed by atoms with Crippen LogP contribution >= 0.6 is 15.9 Å². The third-order valence-electron chi connectivity index (χ3n) is 3.19. The maximum absolute atomic E-state index is 11.7. The minimum atomic E-state index is -0.300. The van der Waals surface area contributed by atoms with Crippen molar-refractivity contribution in [2.24, 2.45) is 5.10 Å². The number of carbonyl (C=O) groups is 1. The Bertz CT molecular complexity index is 664. The molecule has 0 unspecified atom stereocenters. The Balaban J connectivity index is 1.77. The quantitative estimate of drug-likeness (QED) is 0.611. The van der Waals surface area contributed by atoms with Crippen LogP contribution in [0.4, 0.5) is 0 Å². The first-order valence-electron chi connectivity index (χ1n) is 7.35. The molecule has 1 amide bonds. The van der Waals surface area contributed by atoms with Gasteiger partial charge in [0.15, 0.2) is 6.61 Å². The van der Waals surface area contributed by atoms with Crippen LogP contribution in [0.2, 0.25) is 0 Å². The Hall–Kier alpha value is -2.14. The Kier molecular flexibility index (Phi) is 6.35. The van der Waals surface area contributed by atoms with Crippen LogP contribution in [0.15, 0.2) is 58.1 Å². The zero-order valence-corrected chi connectivity index (χ0v) is 14.7. The van der Waals surface area contributed by atoms with Crippen LogP contribution in [-0.4, -0.2) is 18.7 Å². The van der Waals surface area contributed by atoms with Gasteiger partial charge in [-0.3, -0.25) is 4.79 Å². The molecule has 0 spiro atoms. The number of hydrogen-bond acceptors (Lipinski definition) is 3. The number of hydrogen-bond donors (Lipinski definition) is 1. The molecule has 2 rings (SSSR count). The van der Waals surface area contributed by atoms with Crippen LogP contribution in [-0.2, 0) is 4.79 Å². The number of nitrogens with zero attached hydrogens (tertiary/aromatic N) is 1. The third kappa shape index (κ3) is 5.87. The molecular weight excluding hydrogens is 356 g/mol. The summed E-state index contributed by atoms with van der Waals surface area (Å²) in [7, 11) is 0. The molecule has 1 N–H and O–H groups in total. The molecule has 0 aliphatic rings. The fraction of sp³-hybridized carbons (Fsp3) is 0.222. The van der Waals surface area contributed by atoms with E-state index < -0.39 is 0 Å². The summed E-state index contributed by atoms with van der Waals surface area (Å²) in [5.41, 5.74) is 4.58. The molecule has 23 heavy (non-hydrogen) atoms. The molecular formula is C18H19BrN2O2. The predicted molar refractivity (Wildman–Crippen MR) is 95.9 cm³/mol. The lowest BCUT2D eigenvalue weighted by Gasteiger charge is -2.08. The van der Waals surface area contributed by atoms with Gasteiger partial charge in [-0.25, -0.2) is 5.43 Å². The summed E-state index contributed by atoms with van der Waals surface area (Å²) in [4.78, 5) is 11.7. The molecule has 0 aliphatic carbocycles. The van der Waals surface area contributed by atoms with Crippen LogP contribution in [0.3, 0.4) is 0 Å². The van der Waals surface area contributed by atoms with Crippen LogP contribution in [0.5, 0.6) is 5.75 Å². The second-order valence-electron chi connectivity index (χ2n) is 5.36. The normalized spacial score (nSPS) is 11.0. The van der Waals surface area contributed by atoms with E-state index in [9.17, 15) is 4.79 Å². The summed E-state index contributed by atoms with van der Waals surface area (Å²) in [5.74, 6) is 0.841. The topological polar surface area (TPSA) is 50.7 Å². The highest BCUT2D eigenvalue weighted by Crippen LogP contribution is 2.18. The van der Waals surface area contributed by atoms with Crippen molar-refractivity contribution in [1.29, 1.82) is 0 Å². The maximum atomic E-state index is 11.7. The highest BCUT2D eigenvalue weighted by Gasteiger charge is 2.03. The SMILES string of the molecule is CC(C)c1ccc(OCC(=O)N/N=C/c2ccc(Br)cc2)cc1. The zero-order chi connectivity index (χ0) is 16.7. The lowest BCUT2D eigenvalue weighted by Crippen LogP contribution is -2.24. The molecule has 2 aromatic rings. The highest BCUT2D eigenvalue weighted by atomic mass is 79.9. The molecule has 5 heteroatoms. The molecule has 0 saturated carbocycles. The number of ether oxygens (including phenoxy) is 1. The fourth-order valence-electron chi connectivity index (χ4n) is 1.86. The standard InChI is InChI=1S/C18H19BrN2O2/c1-13(2)15-5-9-17(10-6-15)23-12-18(22)21-20-11-14-3-7-16(19)8-4-14/h3-11,13H,12H2,1-2H3,(H,21,22)/b20-11+. The fourth-order valence-corrected chi connectivity index (χ4v) is 2.12. The summed E-state index contributed by atoms with van der Waals surface area (Å²) in [6.45, 7) is 4.19. The molecule has 0 radical (unpaired) electrons. The van der Waals surface area contributed by atoms with Crippen LogP contribution in [0.25, 0.3) is 0 Å². The molecule has 0 atom stereocenters. The first-order chi connectivity index (χ1) is 11.0. The molecule has 0 fully saturated rings. The lowest BCUT2D eigenvalue weighted by atomic mass is 10.0. The Morgan fingerprint density at radius 3 is 2.43 bits per heavy atom. The highest BCUT2D eigenvalue weighted by molar-refractivity contribution is 9.10. The number of rotatable bonds is 6. The average Bonchev–Trinajstić information content (AvgIpc) is 2.55. The van der Waals surface area contributed by atoms with E-state index in [4.69, 9.17) is 4.74 Å². The maximum Gasteiger partial charge on any atom is 0.277 e. The lowest BCUT2D eigenvalue weighted by molar-refractivity contribution is -0.123. The van der Waals surface area contributed by atoms with E-state index in [1.165, 1.54) is 5.56 Å². The van der Waals surface area contributed by atoms with E-state index in [0.29, 0.717) is 11.7 Å². The van der Waals surface area contributed by atoms with Crippen molar-refractivity contribution < 1.29 is 9.53 Å². The van der Waals surface area contributed by atoms with Gasteiger partial charge in [-0.15, -0.1) is 0 Å². The van der Waals surface area contributed by atoms with Gasteiger partial charge in [0.2, 0.25) is 0 Å². The van der Waals surface area contributed by atoms with Crippen LogP contribution in [0.1, 0.15) is 30.9 Å². The number of nitrogens with one attached hydrogen (secondary N) is 1. The molecule has 0 aromatic heterocycles. The van der Waals surface area contributed by atoms with Gasteiger partial charge in [0.05, 0.1) is 6.21 Å². The summed E-state index contributed by atoms with van der Waals surface area (Å²) in [6.07, 6.45) is 1.59. The number of hydrazone groups is 1. The summed E-state index contributed by atoms with van der Waals surface area (Å²) in [5, 5.41) is 3.90. The molecule has 0 aliphatic heterocycles. The molecule has 0 bridgehead atoms. The van der Waals surface area contributed by atoms with E-state index >= 15 is 0 Å². The summed E-state index contributed by atoms with van der Waals surface area (Å²) >= 11 is 3.36. The van der Waals surface area contributed by atoms with Crippen molar-refractivity contribution in [2.45, 2.75) is 19.8 Å². The van der Waals surface area contributed by atoms with Gasteiger partial charge >= 0.3 is 0 Å². The second kappa shape index (κ2) is 8.48. The van der Waals surface area contributed by atoms with Crippen molar-refractivity contribution in [3.05, 3.63) is 64.1 Å².